The number of furan rings is 1. The van der Waals surface area contributed by atoms with Crippen molar-refractivity contribution in [3.63, 3.8) is 0 Å². The number of nitrogens with zero attached hydrogens (tertiary/aromatic N) is 5. The van der Waals surface area contributed by atoms with Gasteiger partial charge in [0, 0.05) is 54.8 Å². The number of hydrogen-bond donors (Lipinski definition) is 0. The van der Waals surface area contributed by atoms with E-state index in [4.69, 9.17) is 19.4 Å². The lowest BCUT2D eigenvalue weighted by Crippen LogP contribution is -2.01. The van der Waals surface area contributed by atoms with Gasteiger partial charge in [-0.25, -0.2) is 15.0 Å². The number of para-hydroxylation sites is 5. The standard InChI is InChI=1S/C51H31N5O/c1-3-14-32(15-4-1)49-52-50(54-51(53-49)41-22-13-21-39-37-19-9-12-25-45(37)57-48(39)41)33-26-28-35(29-27-33)55-43-24-11-8-20-40(43)46-44(55)31-30-38-36-18-7-10-23-42(36)56(47(38)46)34-16-5-2-6-17-34/h1-31H. The van der Waals surface area contributed by atoms with Crippen molar-refractivity contribution in [1.82, 2.24) is 24.1 Å². The first-order chi connectivity index (χ1) is 28.3. The molecule has 0 unspecified atom stereocenters. The van der Waals surface area contributed by atoms with Crippen LogP contribution >= 0.6 is 0 Å². The predicted molar refractivity (Wildman–Crippen MR) is 232 cm³/mol. The van der Waals surface area contributed by atoms with Gasteiger partial charge in [0.2, 0.25) is 0 Å². The zero-order valence-corrected chi connectivity index (χ0v) is 30.5. The molecule has 0 spiro atoms. The van der Waals surface area contributed by atoms with E-state index >= 15 is 0 Å². The molecule has 0 aliphatic rings. The molecule has 266 valence electrons. The van der Waals surface area contributed by atoms with Crippen LogP contribution < -0.4 is 0 Å². The van der Waals surface area contributed by atoms with E-state index in [1.165, 1.54) is 32.6 Å². The second-order valence-corrected chi connectivity index (χ2v) is 14.4. The average Bonchev–Trinajstić information content (AvgIpc) is 3.95. The van der Waals surface area contributed by atoms with Crippen molar-refractivity contribution >= 4 is 65.6 Å². The Labute approximate surface area is 326 Å². The fourth-order valence-electron chi connectivity index (χ4n) is 8.66. The molecule has 4 aromatic heterocycles. The van der Waals surface area contributed by atoms with Gasteiger partial charge in [-0.1, -0.05) is 121 Å². The van der Waals surface area contributed by atoms with Crippen LogP contribution in [0.4, 0.5) is 0 Å². The molecule has 0 saturated heterocycles. The summed E-state index contributed by atoms with van der Waals surface area (Å²) < 4.78 is 11.2. The maximum Gasteiger partial charge on any atom is 0.167 e. The second kappa shape index (κ2) is 12.3. The third-order valence-electron chi connectivity index (χ3n) is 11.2. The van der Waals surface area contributed by atoms with E-state index in [-0.39, 0.29) is 0 Å². The summed E-state index contributed by atoms with van der Waals surface area (Å²) in [6.07, 6.45) is 0. The van der Waals surface area contributed by atoms with E-state index in [0.717, 1.165) is 61.0 Å². The summed E-state index contributed by atoms with van der Waals surface area (Å²) in [5, 5.41) is 7.00. The fraction of sp³-hybridized carbons (Fsp3) is 0. The van der Waals surface area contributed by atoms with Crippen LogP contribution in [0.2, 0.25) is 0 Å². The van der Waals surface area contributed by atoms with Crippen molar-refractivity contribution in [2.24, 2.45) is 0 Å². The topological polar surface area (TPSA) is 61.7 Å². The lowest BCUT2D eigenvalue weighted by Gasteiger charge is -2.11. The summed E-state index contributed by atoms with van der Waals surface area (Å²) in [6, 6.07) is 65.6. The van der Waals surface area contributed by atoms with E-state index in [9.17, 15) is 0 Å². The highest BCUT2D eigenvalue weighted by Gasteiger charge is 2.22. The van der Waals surface area contributed by atoms with Gasteiger partial charge in [-0.3, -0.25) is 0 Å². The Hall–Kier alpha value is -7.83. The minimum Gasteiger partial charge on any atom is -0.455 e. The quantitative estimate of drug-likeness (QED) is 0.177. The summed E-state index contributed by atoms with van der Waals surface area (Å²) in [4.78, 5) is 15.2. The highest BCUT2D eigenvalue weighted by Crippen LogP contribution is 2.42. The highest BCUT2D eigenvalue weighted by molar-refractivity contribution is 6.26. The zero-order valence-electron chi connectivity index (χ0n) is 30.5. The first kappa shape index (κ1) is 31.5. The van der Waals surface area contributed by atoms with Gasteiger partial charge < -0.3 is 13.6 Å². The molecule has 0 N–H and O–H groups in total. The highest BCUT2D eigenvalue weighted by atomic mass is 16.3. The Morgan fingerprint density at radius 3 is 1.70 bits per heavy atom. The second-order valence-electron chi connectivity index (χ2n) is 14.4. The number of benzene rings is 8. The Bertz CT molecular complexity index is 3510. The molecule has 0 bridgehead atoms. The number of hydrogen-bond acceptors (Lipinski definition) is 4. The van der Waals surface area contributed by atoms with Gasteiger partial charge in [0.05, 0.1) is 27.6 Å². The Morgan fingerprint density at radius 1 is 0.351 bits per heavy atom. The summed E-state index contributed by atoms with van der Waals surface area (Å²) in [5.41, 5.74) is 11.1. The van der Waals surface area contributed by atoms with Crippen LogP contribution in [-0.4, -0.2) is 24.1 Å². The SMILES string of the molecule is c1ccc(-c2nc(-c3ccc(-n4c5ccccc5c5c4ccc4c6ccccc6n(-c6ccccc6)c45)cc3)nc(-c3cccc4c3oc3ccccc34)n2)cc1. The Kier molecular flexibility index (Phi) is 6.83. The average molecular weight is 730 g/mol. The minimum absolute atomic E-state index is 0.563. The molecule has 0 amide bonds. The molecule has 0 atom stereocenters. The fourth-order valence-corrected chi connectivity index (χ4v) is 8.66. The van der Waals surface area contributed by atoms with Gasteiger partial charge in [-0.15, -0.1) is 0 Å². The Morgan fingerprint density at radius 2 is 0.930 bits per heavy atom. The van der Waals surface area contributed by atoms with E-state index < -0.39 is 0 Å². The molecule has 6 heteroatoms. The number of fused-ring (bicyclic) bond motifs is 10. The molecule has 0 saturated carbocycles. The minimum atomic E-state index is 0.563. The van der Waals surface area contributed by atoms with Gasteiger partial charge in [0.25, 0.3) is 0 Å². The van der Waals surface area contributed by atoms with E-state index in [1.807, 2.05) is 60.7 Å². The zero-order chi connectivity index (χ0) is 37.5. The molecule has 6 nitrogen and oxygen atoms in total. The van der Waals surface area contributed by atoms with E-state index in [2.05, 4.69) is 137 Å². The van der Waals surface area contributed by atoms with Crippen molar-refractivity contribution < 1.29 is 4.42 Å². The van der Waals surface area contributed by atoms with Crippen molar-refractivity contribution in [2.45, 2.75) is 0 Å². The van der Waals surface area contributed by atoms with Crippen LogP contribution in [0.1, 0.15) is 0 Å². The molecule has 12 aromatic rings. The largest absolute Gasteiger partial charge is 0.455 e. The van der Waals surface area contributed by atoms with E-state index in [1.54, 1.807) is 0 Å². The van der Waals surface area contributed by atoms with Crippen LogP contribution in [0.5, 0.6) is 0 Å². The van der Waals surface area contributed by atoms with Gasteiger partial charge in [-0.2, -0.15) is 0 Å². The van der Waals surface area contributed by atoms with Gasteiger partial charge in [0.1, 0.15) is 11.2 Å². The molecule has 8 aromatic carbocycles. The normalized spacial score (nSPS) is 11.9. The molecule has 0 aliphatic carbocycles. The van der Waals surface area contributed by atoms with Crippen molar-refractivity contribution in [2.75, 3.05) is 0 Å². The van der Waals surface area contributed by atoms with E-state index in [0.29, 0.717) is 17.5 Å². The summed E-state index contributed by atoms with van der Waals surface area (Å²) in [5.74, 6) is 1.76. The van der Waals surface area contributed by atoms with Crippen molar-refractivity contribution in [1.29, 1.82) is 0 Å². The van der Waals surface area contributed by atoms with Gasteiger partial charge in [0.15, 0.2) is 17.5 Å². The van der Waals surface area contributed by atoms with Crippen LogP contribution in [-0.2, 0) is 0 Å². The molecule has 4 heterocycles. The maximum absolute atomic E-state index is 6.43. The molecular formula is C51H31N5O. The number of rotatable bonds is 5. The summed E-state index contributed by atoms with van der Waals surface area (Å²) in [6.45, 7) is 0. The van der Waals surface area contributed by atoms with Gasteiger partial charge >= 0.3 is 0 Å². The van der Waals surface area contributed by atoms with Gasteiger partial charge in [-0.05, 0) is 66.7 Å². The first-order valence-electron chi connectivity index (χ1n) is 19.1. The molecule has 0 radical (unpaired) electrons. The molecular weight excluding hydrogens is 699 g/mol. The lowest BCUT2D eigenvalue weighted by atomic mass is 10.1. The molecule has 0 fully saturated rings. The number of aromatic nitrogens is 5. The van der Waals surface area contributed by atoms with Crippen molar-refractivity contribution in [3.8, 4) is 45.5 Å². The van der Waals surface area contributed by atoms with Crippen LogP contribution in [0.25, 0.3) is 111 Å². The molecule has 12 rings (SSSR count). The Balaban J connectivity index is 1.05. The first-order valence-corrected chi connectivity index (χ1v) is 19.1. The molecule has 57 heavy (non-hydrogen) atoms. The summed E-state index contributed by atoms with van der Waals surface area (Å²) in [7, 11) is 0. The summed E-state index contributed by atoms with van der Waals surface area (Å²) >= 11 is 0. The third kappa shape index (κ3) is 4.81. The van der Waals surface area contributed by atoms with Crippen molar-refractivity contribution in [3.05, 3.63) is 188 Å². The third-order valence-corrected chi connectivity index (χ3v) is 11.2. The predicted octanol–water partition coefficient (Wildman–Crippen LogP) is 13.0. The monoisotopic (exact) mass is 729 g/mol. The smallest absolute Gasteiger partial charge is 0.167 e. The lowest BCUT2D eigenvalue weighted by molar-refractivity contribution is 0.669. The van der Waals surface area contributed by atoms with Crippen LogP contribution in [0.3, 0.4) is 0 Å². The van der Waals surface area contributed by atoms with Crippen LogP contribution in [0, 0.1) is 0 Å². The van der Waals surface area contributed by atoms with Crippen LogP contribution in [0.15, 0.2) is 192 Å². The molecule has 0 aliphatic heterocycles. The maximum atomic E-state index is 6.43.